The third kappa shape index (κ3) is 3.12. The fourth-order valence-electron chi connectivity index (χ4n) is 1.47. The molecule has 6 heteroatoms. The Bertz CT molecular complexity index is 404. The van der Waals surface area contributed by atoms with E-state index in [1.54, 1.807) is 0 Å². The summed E-state index contributed by atoms with van der Waals surface area (Å²) < 4.78 is 42.7. The van der Waals surface area contributed by atoms with E-state index in [1.165, 1.54) is 12.1 Å². The van der Waals surface area contributed by atoms with Gasteiger partial charge in [-0.15, -0.1) is 0 Å². The van der Waals surface area contributed by atoms with Crippen LogP contribution in [0, 0.1) is 0 Å². The SMILES string of the molecule is FC(F)(F)c1ccc(COC2CNC2)cc1Cl. The van der Waals surface area contributed by atoms with E-state index in [1.807, 2.05) is 0 Å². The van der Waals surface area contributed by atoms with Crippen LogP contribution in [0.1, 0.15) is 11.1 Å². The third-order valence-electron chi connectivity index (χ3n) is 2.57. The molecule has 0 atom stereocenters. The molecule has 1 aromatic rings. The van der Waals surface area contributed by atoms with E-state index in [9.17, 15) is 13.2 Å². The number of rotatable bonds is 3. The molecule has 0 bridgehead atoms. The van der Waals surface area contributed by atoms with E-state index in [4.69, 9.17) is 16.3 Å². The first kappa shape index (κ1) is 12.7. The zero-order valence-corrected chi connectivity index (χ0v) is 9.61. The van der Waals surface area contributed by atoms with Crippen LogP contribution < -0.4 is 5.32 Å². The number of alkyl halides is 3. The van der Waals surface area contributed by atoms with Crippen LogP contribution in [0.25, 0.3) is 0 Å². The first-order valence-electron chi connectivity index (χ1n) is 5.15. The molecule has 1 aromatic carbocycles. The van der Waals surface area contributed by atoms with Gasteiger partial charge in [0.2, 0.25) is 0 Å². The minimum Gasteiger partial charge on any atom is -0.371 e. The molecule has 0 unspecified atom stereocenters. The Balaban J connectivity index is 2.02. The third-order valence-corrected chi connectivity index (χ3v) is 2.88. The molecular formula is C11H11ClF3NO. The number of benzene rings is 1. The van der Waals surface area contributed by atoms with E-state index in [2.05, 4.69) is 5.32 Å². The van der Waals surface area contributed by atoms with Crippen LogP contribution in [0.3, 0.4) is 0 Å². The van der Waals surface area contributed by atoms with Crippen LogP contribution in [-0.2, 0) is 17.5 Å². The lowest BCUT2D eigenvalue weighted by Gasteiger charge is -2.27. The van der Waals surface area contributed by atoms with Crippen LogP contribution in [0.15, 0.2) is 18.2 Å². The molecule has 2 nitrogen and oxygen atoms in total. The smallest absolute Gasteiger partial charge is 0.371 e. The molecule has 0 radical (unpaired) electrons. The van der Waals surface area contributed by atoms with Crippen molar-refractivity contribution >= 4 is 11.6 Å². The van der Waals surface area contributed by atoms with Gasteiger partial charge in [-0.25, -0.2) is 0 Å². The number of nitrogens with one attached hydrogen (secondary N) is 1. The maximum Gasteiger partial charge on any atom is 0.417 e. The number of hydrogen-bond acceptors (Lipinski definition) is 2. The average molecular weight is 266 g/mol. The molecule has 0 aromatic heterocycles. The first-order valence-corrected chi connectivity index (χ1v) is 5.52. The lowest BCUT2D eigenvalue weighted by Crippen LogP contribution is -2.48. The molecule has 1 N–H and O–H groups in total. The fourth-order valence-corrected chi connectivity index (χ4v) is 1.78. The topological polar surface area (TPSA) is 21.3 Å². The molecule has 0 spiro atoms. The summed E-state index contributed by atoms with van der Waals surface area (Å²) in [6.45, 7) is 1.85. The number of halogens is 4. The van der Waals surface area contributed by atoms with Crippen molar-refractivity contribution < 1.29 is 17.9 Å². The lowest BCUT2D eigenvalue weighted by molar-refractivity contribution is -0.137. The molecule has 0 amide bonds. The van der Waals surface area contributed by atoms with Gasteiger partial charge in [-0.3, -0.25) is 0 Å². The van der Waals surface area contributed by atoms with Gasteiger partial charge in [-0.2, -0.15) is 13.2 Å². The van der Waals surface area contributed by atoms with Crippen LogP contribution in [-0.4, -0.2) is 19.2 Å². The van der Waals surface area contributed by atoms with Crippen LogP contribution in [0.5, 0.6) is 0 Å². The molecule has 17 heavy (non-hydrogen) atoms. The van der Waals surface area contributed by atoms with Crippen molar-refractivity contribution in [2.24, 2.45) is 0 Å². The Morgan fingerprint density at radius 1 is 1.35 bits per heavy atom. The zero-order valence-electron chi connectivity index (χ0n) is 8.85. The fraction of sp³-hybridized carbons (Fsp3) is 0.455. The van der Waals surface area contributed by atoms with Crippen molar-refractivity contribution in [1.29, 1.82) is 0 Å². The summed E-state index contributed by atoms with van der Waals surface area (Å²) in [6, 6.07) is 3.68. The number of hydrogen-bond donors (Lipinski definition) is 1. The Labute approximate surface area is 102 Å². The molecule has 1 aliphatic heterocycles. The maximum atomic E-state index is 12.4. The summed E-state index contributed by atoms with van der Waals surface area (Å²) in [5.74, 6) is 0. The molecule has 94 valence electrons. The van der Waals surface area contributed by atoms with E-state index in [0.717, 1.165) is 19.2 Å². The van der Waals surface area contributed by atoms with Gasteiger partial charge in [0, 0.05) is 13.1 Å². The molecule has 0 aliphatic carbocycles. The lowest BCUT2D eigenvalue weighted by atomic mass is 10.1. The molecule has 1 saturated heterocycles. The molecule has 2 rings (SSSR count). The molecule has 1 aliphatic rings. The Morgan fingerprint density at radius 3 is 2.53 bits per heavy atom. The summed E-state index contributed by atoms with van der Waals surface area (Å²) in [7, 11) is 0. The second-order valence-electron chi connectivity index (χ2n) is 3.90. The summed E-state index contributed by atoms with van der Waals surface area (Å²) in [4.78, 5) is 0. The molecule has 0 saturated carbocycles. The largest absolute Gasteiger partial charge is 0.417 e. The highest BCUT2D eigenvalue weighted by molar-refractivity contribution is 6.31. The Kier molecular flexibility index (Phi) is 3.61. The number of ether oxygens (including phenoxy) is 1. The second kappa shape index (κ2) is 4.84. The van der Waals surface area contributed by atoms with Gasteiger partial charge in [0.25, 0.3) is 0 Å². The predicted octanol–water partition coefficient (Wildman–Crippen LogP) is 2.85. The van der Waals surface area contributed by atoms with Crippen LogP contribution in [0.4, 0.5) is 13.2 Å². The summed E-state index contributed by atoms with van der Waals surface area (Å²) in [6.07, 6.45) is -4.26. The Morgan fingerprint density at radius 2 is 2.06 bits per heavy atom. The van der Waals surface area contributed by atoms with Gasteiger partial charge in [-0.05, 0) is 17.7 Å². The predicted molar refractivity (Wildman–Crippen MR) is 57.9 cm³/mol. The monoisotopic (exact) mass is 265 g/mol. The van der Waals surface area contributed by atoms with Gasteiger partial charge in [0.15, 0.2) is 0 Å². The zero-order chi connectivity index (χ0) is 12.5. The second-order valence-corrected chi connectivity index (χ2v) is 4.31. The Hall–Kier alpha value is -0.780. The highest BCUT2D eigenvalue weighted by Crippen LogP contribution is 2.35. The van der Waals surface area contributed by atoms with Gasteiger partial charge in [0.05, 0.1) is 23.3 Å². The minimum atomic E-state index is -4.41. The van der Waals surface area contributed by atoms with E-state index in [0.29, 0.717) is 5.56 Å². The highest BCUT2D eigenvalue weighted by atomic mass is 35.5. The van der Waals surface area contributed by atoms with E-state index < -0.39 is 11.7 Å². The maximum absolute atomic E-state index is 12.4. The summed E-state index contributed by atoms with van der Waals surface area (Å²) in [5, 5.41) is 2.75. The van der Waals surface area contributed by atoms with Crippen LogP contribution in [0.2, 0.25) is 5.02 Å². The normalized spacial score (nSPS) is 16.9. The summed E-state index contributed by atoms with van der Waals surface area (Å²) >= 11 is 5.59. The van der Waals surface area contributed by atoms with E-state index in [-0.39, 0.29) is 17.7 Å². The highest BCUT2D eigenvalue weighted by Gasteiger charge is 2.33. The molecule has 1 fully saturated rings. The van der Waals surface area contributed by atoms with Crippen molar-refractivity contribution in [2.45, 2.75) is 18.9 Å². The molecular weight excluding hydrogens is 255 g/mol. The average Bonchev–Trinajstić information content (AvgIpc) is 2.13. The van der Waals surface area contributed by atoms with Crippen molar-refractivity contribution in [1.82, 2.24) is 5.32 Å². The minimum absolute atomic E-state index is 0.149. The quantitative estimate of drug-likeness (QED) is 0.907. The van der Waals surface area contributed by atoms with Crippen molar-refractivity contribution in [3.05, 3.63) is 34.3 Å². The van der Waals surface area contributed by atoms with Crippen molar-refractivity contribution in [2.75, 3.05) is 13.1 Å². The van der Waals surface area contributed by atoms with Crippen LogP contribution >= 0.6 is 11.6 Å². The van der Waals surface area contributed by atoms with Gasteiger partial charge in [0.1, 0.15) is 0 Å². The standard InChI is InChI=1S/C11H11ClF3NO/c12-10-3-7(6-17-8-4-16-5-8)1-2-9(10)11(13,14)15/h1-3,8,16H,4-6H2. The summed E-state index contributed by atoms with van der Waals surface area (Å²) in [5.41, 5.74) is -0.164. The molecule has 1 heterocycles. The van der Waals surface area contributed by atoms with Crippen molar-refractivity contribution in [3.63, 3.8) is 0 Å². The van der Waals surface area contributed by atoms with Gasteiger partial charge < -0.3 is 10.1 Å². The van der Waals surface area contributed by atoms with Gasteiger partial charge >= 0.3 is 6.18 Å². The first-order chi connectivity index (χ1) is 7.97. The van der Waals surface area contributed by atoms with Gasteiger partial charge in [-0.1, -0.05) is 17.7 Å². The van der Waals surface area contributed by atoms with Crippen molar-refractivity contribution in [3.8, 4) is 0 Å². The van der Waals surface area contributed by atoms with E-state index >= 15 is 0 Å².